The van der Waals surface area contributed by atoms with Crippen molar-refractivity contribution in [3.8, 4) is 11.8 Å². The van der Waals surface area contributed by atoms with Gasteiger partial charge < -0.3 is 10.4 Å². The molecular formula is C17H23NO2S. The lowest BCUT2D eigenvalue weighted by molar-refractivity contribution is 0.0934. The highest BCUT2D eigenvalue weighted by atomic mass is 32.1. The van der Waals surface area contributed by atoms with Gasteiger partial charge in [-0.1, -0.05) is 43.9 Å². The molecule has 0 spiro atoms. The summed E-state index contributed by atoms with van der Waals surface area (Å²) in [5.74, 6) is 5.88. The van der Waals surface area contributed by atoms with Gasteiger partial charge in [0.05, 0.1) is 16.4 Å². The van der Waals surface area contributed by atoms with Gasteiger partial charge in [0.2, 0.25) is 0 Å². The van der Waals surface area contributed by atoms with Crippen LogP contribution in [0.1, 0.15) is 65.9 Å². The molecule has 0 aromatic carbocycles. The Bertz CT molecular complexity index is 504. The van der Waals surface area contributed by atoms with Crippen molar-refractivity contribution >= 4 is 17.2 Å². The van der Waals surface area contributed by atoms with Gasteiger partial charge in [-0.3, -0.25) is 4.79 Å². The number of carbonyl (C=O) groups excluding carboxylic acids is 1. The molecule has 0 saturated heterocycles. The maximum Gasteiger partial charge on any atom is 0.261 e. The van der Waals surface area contributed by atoms with Crippen LogP contribution in [0.25, 0.3) is 0 Å². The molecule has 1 aromatic rings. The van der Waals surface area contributed by atoms with Gasteiger partial charge in [0.15, 0.2) is 0 Å². The summed E-state index contributed by atoms with van der Waals surface area (Å²) in [6, 6.07) is 4.04. The van der Waals surface area contributed by atoms with Crippen LogP contribution in [0.5, 0.6) is 0 Å². The van der Waals surface area contributed by atoms with Gasteiger partial charge in [0.25, 0.3) is 5.91 Å². The number of carbonyl (C=O) groups is 1. The van der Waals surface area contributed by atoms with Crippen LogP contribution in [-0.4, -0.2) is 23.7 Å². The first-order chi connectivity index (χ1) is 10.3. The molecule has 1 aliphatic carbocycles. The molecule has 0 atom stereocenters. The van der Waals surface area contributed by atoms with E-state index in [-0.39, 0.29) is 12.5 Å². The molecule has 0 aliphatic heterocycles. The van der Waals surface area contributed by atoms with Crippen LogP contribution in [0, 0.1) is 11.8 Å². The molecule has 1 aromatic heterocycles. The van der Waals surface area contributed by atoms with Gasteiger partial charge in [-0.05, 0) is 25.0 Å². The molecule has 1 saturated carbocycles. The SMILES string of the molecule is O=C(NC1CCCCCCC1)c1ccc(C#CCCO)s1. The number of nitrogens with one attached hydrogen (secondary N) is 1. The van der Waals surface area contributed by atoms with Crippen molar-refractivity contribution in [2.75, 3.05) is 6.61 Å². The highest BCUT2D eigenvalue weighted by Crippen LogP contribution is 2.19. The van der Waals surface area contributed by atoms with Crippen molar-refractivity contribution < 1.29 is 9.90 Å². The maximum atomic E-state index is 12.3. The van der Waals surface area contributed by atoms with Crippen LogP contribution in [0.15, 0.2) is 12.1 Å². The van der Waals surface area contributed by atoms with E-state index in [0.29, 0.717) is 12.5 Å². The van der Waals surface area contributed by atoms with Gasteiger partial charge in [0.1, 0.15) is 0 Å². The zero-order valence-electron chi connectivity index (χ0n) is 12.4. The Hall–Kier alpha value is -1.31. The Labute approximate surface area is 130 Å². The van der Waals surface area contributed by atoms with E-state index in [9.17, 15) is 4.79 Å². The predicted molar refractivity (Wildman–Crippen MR) is 86.5 cm³/mol. The summed E-state index contributed by atoms with van der Waals surface area (Å²) < 4.78 is 0. The Kier molecular flexibility index (Phi) is 6.78. The van der Waals surface area contributed by atoms with E-state index in [1.165, 1.54) is 43.4 Å². The number of amides is 1. The lowest BCUT2D eigenvalue weighted by Crippen LogP contribution is -2.34. The second-order valence-electron chi connectivity index (χ2n) is 5.45. The molecule has 1 amide bonds. The Morgan fingerprint density at radius 2 is 1.95 bits per heavy atom. The smallest absolute Gasteiger partial charge is 0.261 e. The summed E-state index contributed by atoms with van der Waals surface area (Å²) in [4.78, 5) is 13.9. The summed E-state index contributed by atoms with van der Waals surface area (Å²) in [5, 5.41) is 11.9. The number of hydrogen-bond acceptors (Lipinski definition) is 3. The van der Waals surface area contributed by atoms with Crippen molar-refractivity contribution in [2.24, 2.45) is 0 Å². The first kappa shape index (κ1) is 16.1. The fourth-order valence-electron chi connectivity index (χ4n) is 2.59. The Balaban J connectivity index is 1.89. The second kappa shape index (κ2) is 8.86. The minimum atomic E-state index is 0.0285. The van der Waals surface area contributed by atoms with Gasteiger partial charge in [0, 0.05) is 12.5 Å². The molecule has 1 fully saturated rings. The van der Waals surface area contributed by atoms with E-state index in [2.05, 4.69) is 17.2 Å². The summed E-state index contributed by atoms with van der Waals surface area (Å²) in [6.45, 7) is 0.0768. The van der Waals surface area contributed by atoms with Crippen molar-refractivity contribution in [3.63, 3.8) is 0 Å². The number of aliphatic hydroxyl groups excluding tert-OH is 1. The minimum absolute atomic E-state index is 0.0285. The summed E-state index contributed by atoms with van der Waals surface area (Å²) in [7, 11) is 0. The molecular weight excluding hydrogens is 282 g/mol. The zero-order valence-corrected chi connectivity index (χ0v) is 13.2. The molecule has 21 heavy (non-hydrogen) atoms. The predicted octanol–water partition coefficient (Wildman–Crippen LogP) is 3.32. The van der Waals surface area contributed by atoms with E-state index >= 15 is 0 Å². The second-order valence-corrected chi connectivity index (χ2v) is 6.54. The summed E-state index contributed by atoms with van der Waals surface area (Å²) >= 11 is 1.42. The number of rotatable bonds is 3. The number of aliphatic hydroxyl groups is 1. The molecule has 4 heteroatoms. The average molecular weight is 305 g/mol. The topological polar surface area (TPSA) is 49.3 Å². The van der Waals surface area contributed by atoms with E-state index in [1.54, 1.807) is 0 Å². The molecule has 0 radical (unpaired) electrons. The molecule has 2 rings (SSSR count). The largest absolute Gasteiger partial charge is 0.395 e. The standard InChI is InChI=1S/C17H23NO2S/c19-13-7-6-10-15-11-12-16(21-15)17(20)18-14-8-4-2-1-3-5-9-14/h11-12,14,19H,1-5,7-9,13H2,(H,18,20). The third-order valence-corrected chi connectivity index (χ3v) is 4.72. The summed E-state index contributed by atoms with van der Waals surface area (Å²) in [6.07, 6.45) is 9.01. The zero-order chi connectivity index (χ0) is 14.9. The highest BCUT2D eigenvalue weighted by Gasteiger charge is 2.16. The fourth-order valence-corrected chi connectivity index (χ4v) is 3.37. The molecule has 3 nitrogen and oxygen atoms in total. The Morgan fingerprint density at radius 1 is 1.24 bits per heavy atom. The minimum Gasteiger partial charge on any atom is -0.395 e. The van der Waals surface area contributed by atoms with Crippen LogP contribution in [0.4, 0.5) is 0 Å². The molecule has 0 unspecified atom stereocenters. The average Bonchev–Trinajstić information content (AvgIpc) is 2.91. The summed E-state index contributed by atoms with van der Waals surface area (Å²) in [5.41, 5.74) is 0. The van der Waals surface area contributed by atoms with Crippen molar-refractivity contribution in [1.29, 1.82) is 0 Å². The lowest BCUT2D eigenvalue weighted by atomic mass is 9.97. The fraction of sp³-hybridized carbons (Fsp3) is 0.588. The number of hydrogen-bond donors (Lipinski definition) is 2. The van der Waals surface area contributed by atoms with Crippen molar-refractivity contribution in [2.45, 2.75) is 57.4 Å². The van der Waals surface area contributed by atoms with Gasteiger partial charge in [-0.15, -0.1) is 11.3 Å². The molecule has 1 aliphatic rings. The van der Waals surface area contributed by atoms with E-state index < -0.39 is 0 Å². The normalized spacial score (nSPS) is 16.4. The van der Waals surface area contributed by atoms with Gasteiger partial charge >= 0.3 is 0 Å². The first-order valence-electron chi connectivity index (χ1n) is 7.80. The third kappa shape index (κ3) is 5.53. The molecule has 1 heterocycles. The maximum absolute atomic E-state index is 12.3. The molecule has 114 valence electrons. The Morgan fingerprint density at radius 3 is 2.67 bits per heavy atom. The van der Waals surface area contributed by atoms with Crippen LogP contribution < -0.4 is 5.32 Å². The van der Waals surface area contributed by atoms with E-state index in [0.717, 1.165) is 22.6 Å². The van der Waals surface area contributed by atoms with Gasteiger partial charge in [-0.25, -0.2) is 0 Å². The molecule has 2 N–H and O–H groups in total. The first-order valence-corrected chi connectivity index (χ1v) is 8.61. The highest BCUT2D eigenvalue weighted by molar-refractivity contribution is 7.14. The number of thiophene rings is 1. The van der Waals surface area contributed by atoms with Crippen molar-refractivity contribution in [1.82, 2.24) is 5.32 Å². The van der Waals surface area contributed by atoms with Crippen molar-refractivity contribution in [3.05, 3.63) is 21.9 Å². The lowest BCUT2D eigenvalue weighted by Gasteiger charge is -2.20. The quantitative estimate of drug-likeness (QED) is 0.842. The molecule has 0 bridgehead atoms. The van der Waals surface area contributed by atoms with Crippen LogP contribution in [0.2, 0.25) is 0 Å². The van der Waals surface area contributed by atoms with Crippen LogP contribution in [0.3, 0.4) is 0 Å². The van der Waals surface area contributed by atoms with Crippen LogP contribution >= 0.6 is 11.3 Å². The monoisotopic (exact) mass is 305 g/mol. The van der Waals surface area contributed by atoms with Gasteiger partial charge in [-0.2, -0.15) is 0 Å². The van der Waals surface area contributed by atoms with E-state index in [4.69, 9.17) is 5.11 Å². The van der Waals surface area contributed by atoms with E-state index in [1.807, 2.05) is 12.1 Å². The third-order valence-electron chi connectivity index (χ3n) is 3.72. The van der Waals surface area contributed by atoms with Crippen LogP contribution in [-0.2, 0) is 0 Å².